The van der Waals surface area contributed by atoms with Crippen molar-refractivity contribution in [3.63, 3.8) is 0 Å². The topological polar surface area (TPSA) is 46.2 Å². The molecule has 1 aliphatic rings. The van der Waals surface area contributed by atoms with Crippen LogP contribution in [0, 0.1) is 0 Å². The third kappa shape index (κ3) is 7.97. The molecule has 0 spiro atoms. The second kappa shape index (κ2) is 13.7. The minimum Gasteiger partial charge on any atom is -0.372 e. The molecule has 0 radical (unpaired) electrons. The highest BCUT2D eigenvalue weighted by atomic mass is 16.8. The predicted molar refractivity (Wildman–Crippen MR) is 149 cm³/mol. The van der Waals surface area contributed by atoms with Crippen LogP contribution in [0.3, 0.4) is 0 Å². The molecule has 1 heterocycles. The molecule has 38 heavy (non-hydrogen) atoms. The molecular formula is C33H38O5. The molecule has 3 aromatic rings. The Hall–Kier alpha value is -3.06. The maximum Gasteiger partial charge on any atom is 0.164 e. The third-order valence-electron chi connectivity index (χ3n) is 6.38. The summed E-state index contributed by atoms with van der Waals surface area (Å²) in [6, 6.07) is 30.2. The Morgan fingerprint density at radius 3 is 1.82 bits per heavy atom. The van der Waals surface area contributed by atoms with Gasteiger partial charge >= 0.3 is 0 Å². The van der Waals surface area contributed by atoms with Gasteiger partial charge in [0.05, 0.1) is 26.4 Å². The van der Waals surface area contributed by atoms with Crippen LogP contribution in [-0.4, -0.2) is 36.8 Å². The van der Waals surface area contributed by atoms with Crippen molar-refractivity contribution in [2.45, 2.75) is 63.9 Å². The first-order valence-electron chi connectivity index (χ1n) is 13.0. The van der Waals surface area contributed by atoms with Gasteiger partial charge in [0, 0.05) is 0 Å². The van der Waals surface area contributed by atoms with Gasteiger partial charge in [-0.05, 0) is 36.1 Å². The lowest BCUT2D eigenvalue weighted by Crippen LogP contribution is -2.47. The molecule has 4 atom stereocenters. The summed E-state index contributed by atoms with van der Waals surface area (Å²) >= 11 is 0. The van der Waals surface area contributed by atoms with Crippen molar-refractivity contribution in [2.75, 3.05) is 6.61 Å². The molecule has 0 bridgehead atoms. The SMILES string of the molecule is C=C[C@@H]1OC(C)(C)O[C@H]1[C@@H](OCc1ccccc1)[C@H](OCc1ccccc1)C(=C)COCc1ccccc1. The molecule has 0 amide bonds. The number of ether oxygens (including phenoxy) is 5. The Bertz CT molecular complexity index is 1130. The monoisotopic (exact) mass is 514 g/mol. The largest absolute Gasteiger partial charge is 0.372 e. The number of hydrogen-bond donors (Lipinski definition) is 0. The van der Waals surface area contributed by atoms with Gasteiger partial charge in [-0.15, -0.1) is 6.58 Å². The van der Waals surface area contributed by atoms with E-state index in [1.807, 2.05) is 105 Å². The maximum absolute atomic E-state index is 6.58. The Kier molecular flexibility index (Phi) is 10.0. The Balaban J connectivity index is 1.57. The first-order valence-corrected chi connectivity index (χ1v) is 13.0. The number of hydrogen-bond acceptors (Lipinski definition) is 5. The van der Waals surface area contributed by atoms with E-state index in [0.717, 1.165) is 22.3 Å². The lowest BCUT2D eigenvalue weighted by molar-refractivity contribution is -0.175. The van der Waals surface area contributed by atoms with Crippen LogP contribution < -0.4 is 0 Å². The molecule has 1 fully saturated rings. The van der Waals surface area contributed by atoms with Crippen molar-refractivity contribution in [3.8, 4) is 0 Å². The van der Waals surface area contributed by atoms with Crippen molar-refractivity contribution in [3.05, 3.63) is 132 Å². The molecule has 0 saturated carbocycles. The molecule has 0 N–H and O–H groups in total. The zero-order chi connectivity index (χ0) is 26.8. The summed E-state index contributed by atoms with van der Waals surface area (Å²) in [5.41, 5.74) is 3.98. The smallest absolute Gasteiger partial charge is 0.164 e. The summed E-state index contributed by atoms with van der Waals surface area (Å²) < 4.78 is 31.7. The van der Waals surface area contributed by atoms with Gasteiger partial charge in [-0.1, -0.05) is 104 Å². The lowest BCUT2D eigenvalue weighted by atomic mass is 9.97. The van der Waals surface area contributed by atoms with Crippen LogP contribution in [0.15, 0.2) is 116 Å². The summed E-state index contributed by atoms with van der Waals surface area (Å²) in [5.74, 6) is -0.785. The summed E-state index contributed by atoms with van der Waals surface area (Å²) in [5, 5.41) is 0. The maximum atomic E-state index is 6.58. The highest BCUT2D eigenvalue weighted by Gasteiger charge is 2.47. The van der Waals surface area contributed by atoms with E-state index >= 15 is 0 Å². The van der Waals surface area contributed by atoms with Gasteiger partial charge in [0.1, 0.15) is 24.4 Å². The molecule has 5 nitrogen and oxygen atoms in total. The molecule has 4 rings (SSSR count). The van der Waals surface area contributed by atoms with E-state index in [1.165, 1.54) is 0 Å². The van der Waals surface area contributed by atoms with E-state index < -0.39 is 24.1 Å². The molecule has 3 aromatic carbocycles. The molecule has 0 aromatic heterocycles. The van der Waals surface area contributed by atoms with Crippen LogP contribution in [-0.2, 0) is 43.5 Å². The van der Waals surface area contributed by atoms with Crippen molar-refractivity contribution in [1.29, 1.82) is 0 Å². The van der Waals surface area contributed by atoms with Gasteiger partial charge < -0.3 is 23.7 Å². The average Bonchev–Trinajstić information content (AvgIpc) is 3.26. The summed E-state index contributed by atoms with van der Waals surface area (Å²) in [6.45, 7) is 13.7. The molecule has 0 unspecified atom stereocenters. The minimum atomic E-state index is -0.785. The average molecular weight is 515 g/mol. The van der Waals surface area contributed by atoms with Gasteiger partial charge in [-0.25, -0.2) is 0 Å². The van der Waals surface area contributed by atoms with E-state index in [9.17, 15) is 0 Å². The number of rotatable bonds is 14. The van der Waals surface area contributed by atoms with Crippen molar-refractivity contribution >= 4 is 0 Å². The Morgan fingerprint density at radius 1 is 0.789 bits per heavy atom. The van der Waals surface area contributed by atoms with Gasteiger partial charge in [0.15, 0.2) is 5.79 Å². The first-order chi connectivity index (χ1) is 18.4. The van der Waals surface area contributed by atoms with E-state index in [-0.39, 0.29) is 6.10 Å². The highest BCUT2D eigenvalue weighted by Crippen LogP contribution is 2.35. The van der Waals surface area contributed by atoms with Crippen LogP contribution >= 0.6 is 0 Å². The predicted octanol–water partition coefficient (Wildman–Crippen LogP) is 6.64. The molecular weight excluding hydrogens is 476 g/mol. The van der Waals surface area contributed by atoms with Crippen molar-refractivity contribution < 1.29 is 23.7 Å². The lowest BCUT2D eigenvalue weighted by Gasteiger charge is -2.34. The van der Waals surface area contributed by atoms with Gasteiger partial charge in [0.25, 0.3) is 0 Å². The summed E-state index contributed by atoms with van der Waals surface area (Å²) in [4.78, 5) is 0. The number of benzene rings is 3. The Morgan fingerprint density at radius 2 is 1.29 bits per heavy atom. The molecule has 1 aliphatic heterocycles. The normalized spacial score (nSPS) is 20.1. The fraction of sp³-hybridized carbons (Fsp3) is 0.333. The van der Waals surface area contributed by atoms with Crippen LogP contribution in [0.5, 0.6) is 0 Å². The fourth-order valence-corrected chi connectivity index (χ4v) is 4.54. The zero-order valence-corrected chi connectivity index (χ0v) is 22.3. The second-order valence-corrected chi connectivity index (χ2v) is 9.92. The van der Waals surface area contributed by atoms with E-state index in [2.05, 4.69) is 13.2 Å². The van der Waals surface area contributed by atoms with Crippen LogP contribution in [0.1, 0.15) is 30.5 Å². The molecule has 1 saturated heterocycles. The minimum absolute atomic E-state index is 0.315. The highest BCUT2D eigenvalue weighted by molar-refractivity contribution is 5.17. The van der Waals surface area contributed by atoms with Crippen LogP contribution in [0.4, 0.5) is 0 Å². The molecule has 0 aliphatic carbocycles. The third-order valence-corrected chi connectivity index (χ3v) is 6.38. The van der Waals surface area contributed by atoms with E-state index in [1.54, 1.807) is 6.08 Å². The van der Waals surface area contributed by atoms with Gasteiger partial charge in [-0.3, -0.25) is 0 Å². The first kappa shape index (κ1) is 28.0. The van der Waals surface area contributed by atoms with E-state index in [0.29, 0.717) is 26.4 Å². The second-order valence-electron chi connectivity index (χ2n) is 9.92. The Labute approximate surface area is 226 Å². The van der Waals surface area contributed by atoms with Crippen molar-refractivity contribution in [2.24, 2.45) is 0 Å². The van der Waals surface area contributed by atoms with Gasteiger partial charge in [-0.2, -0.15) is 0 Å². The van der Waals surface area contributed by atoms with E-state index in [4.69, 9.17) is 23.7 Å². The fourth-order valence-electron chi connectivity index (χ4n) is 4.54. The quantitative estimate of drug-likeness (QED) is 0.226. The zero-order valence-electron chi connectivity index (χ0n) is 22.3. The molecule has 200 valence electrons. The van der Waals surface area contributed by atoms with Crippen LogP contribution in [0.25, 0.3) is 0 Å². The molecule has 5 heteroatoms. The summed E-state index contributed by atoms with van der Waals surface area (Å²) in [6.07, 6.45) is -0.0815. The van der Waals surface area contributed by atoms with Gasteiger partial charge in [0.2, 0.25) is 0 Å². The van der Waals surface area contributed by atoms with Crippen LogP contribution in [0.2, 0.25) is 0 Å². The summed E-state index contributed by atoms with van der Waals surface area (Å²) in [7, 11) is 0. The standard InChI is InChI=1S/C33H38O5/c1-5-29-31(38-33(3,4)37-29)32(36-24-28-19-13-8-14-20-28)30(35-23-27-17-11-7-12-18-27)25(2)21-34-22-26-15-9-6-10-16-26/h5-20,29-32H,1-2,21-24H2,3-4H3/t29-,30+,31+,32-/m0/s1. The van der Waals surface area contributed by atoms with Crippen molar-refractivity contribution in [1.82, 2.24) is 0 Å².